The van der Waals surface area contributed by atoms with Gasteiger partial charge in [-0.05, 0) is 135 Å². The molecule has 69 heavy (non-hydrogen) atoms. The molecule has 8 rings (SSSR count). The SMILES string of the molecule is COc1ccc(C(=O)O[C@@H]2C(O)[C@H](O)CO[C@H]2OC2[C@@H](OC(C)=O)[C@H](O[C@H]3CC4C5CC=C6C[C@@H](O)CC[C@]6(C)C5CC[C@]4(C)[C@H]3[C@H](C)CCC[C@@H](C)CN(C)Cc3ccccc3)OC[C@@H]2O)cc1. The Morgan fingerprint density at radius 2 is 1.55 bits per heavy atom. The van der Waals surface area contributed by atoms with Crippen molar-refractivity contribution in [1.82, 2.24) is 4.90 Å². The molecule has 2 aliphatic heterocycles. The number of ether oxygens (including phenoxy) is 7. The Morgan fingerprint density at radius 3 is 2.26 bits per heavy atom. The van der Waals surface area contributed by atoms with Gasteiger partial charge in [-0.1, -0.05) is 82.5 Å². The molecular formula is C55H79NO13. The molecule has 0 bridgehead atoms. The first-order valence-corrected chi connectivity index (χ1v) is 25.7. The lowest BCUT2D eigenvalue weighted by Crippen LogP contribution is -2.62. The standard InChI is InChI=1S/C55H79NO13/c1-32(28-56(6)29-35-14-9-8-10-15-35)12-11-13-33(2)46-45(27-42-40-21-18-37-26-38(58)22-24-54(37,4)41(40)23-25-55(42,46)5)67-53-50(66-34(3)57)48(44(60)31-65-53)69-52-49(47(61)43(59)30-64-52)68-51(62)36-16-19-39(63-7)20-17-36/h8-10,14-20,32-33,38,40-50,52-53,58-61H,11-13,21-31H2,1-7H3/t32-,33-,38+,40?,41?,42?,43-,44+,45+,46+,47?,48?,49-,50-,52+,53+,54+,55+/m1/s1. The molecule has 3 saturated carbocycles. The van der Waals surface area contributed by atoms with Gasteiger partial charge in [-0.3, -0.25) is 4.79 Å². The van der Waals surface area contributed by atoms with E-state index in [2.05, 4.69) is 76.1 Å². The maximum Gasteiger partial charge on any atom is 0.338 e. The zero-order chi connectivity index (χ0) is 49.2. The van der Waals surface area contributed by atoms with E-state index in [-0.39, 0.29) is 47.7 Å². The second-order valence-electron chi connectivity index (χ2n) is 22.1. The summed E-state index contributed by atoms with van der Waals surface area (Å²) >= 11 is 0. The molecule has 18 atom stereocenters. The van der Waals surface area contributed by atoms with Crippen molar-refractivity contribution in [1.29, 1.82) is 0 Å². The van der Waals surface area contributed by atoms with Gasteiger partial charge in [-0.2, -0.15) is 0 Å². The Labute approximate surface area is 409 Å². The van der Waals surface area contributed by atoms with Gasteiger partial charge in [-0.15, -0.1) is 0 Å². The molecule has 2 aromatic rings. The van der Waals surface area contributed by atoms with E-state index in [1.54, 1.807) is 12.1 Å². The first-order valence-electron chi connectivity index (χ1n) is 25.7. The van der Waals surface area contributed by atoms with Crippen LogP contribution in [0, 0.1) is 46.3 Å². The van der Waals surface area contributed by atoms with Gasteiger partial charge in [0.1, 0.15) is 30.2 Å². The van der Waals surface area contributed by atoms with Crippen molar-refractivity contribution < 1.29 is 63.2 Å². The van der Waals surface area contributed by atoms with Gasteiger partial charge >= 0.3 is 11.9 Å². The van der Waals surface area contributed by atoms with E-state index in [1.807, 2.05) is 0 Å². The molecule has 2 heterocycles. The summed E-state index contributed by atoms with van der Waals surface area (Å²) in [6.07, 6.45) is 0.681. The van der Waals surface area contributed by atoms with E-state index >= 15 is 0 Å². The summed E-state index contributed by atoms with van der Waals surface area (Å²) in [4.78, 5) is 28.8. The highest BCUT2D eigenvalue weighted by Gasteiger charge is 2.63. The minimum Gasteiger partial charge on any atom is -0.497 e. The quantitative estimate of drug-likeness (QED) is 0.0955. The average molecular weight is 962 g/mol. The van der Waals surface area contributed by atoms with E-state index in [9.17, 15) is 30.0 Å². The third kappa shape index (κ3) is 11.3. The van der Waals surface area contributed by atoms with Crippen molar-refractivity contribution in [2.24, 2.45) is 46.3 Å². The molecule has 0 amide bonds. The lowest BCUT2D eigenvalue weighted by atomic mass is 9.47. The van der Waals surface area contributed by atoms with Gasteiger partial charge in [0.05, 0.1) is 38.1 Å². The Balaban J connectivity index is 1.02. The van der Waals surface area contributed by atoms with Gasteiger partial charge in [0.25, 0.3) is 0 Å². The van der Waals surface area contributed by atoms with E-state index < -0.39 is 61.1 Å². The van der Waals surface area contributed by atoms with Crippen LogP contribution < -0.4 is 4.74 Å². The molecule has 14 heteroatoms. The number of hydrogen-bond donors (Lipinski definition) is 4. The number of aliphatic hydroxyl groups is 4. The molecule has 4 N–H and O–H groups in total. The molecule has 5 fully saturated rings. The number of carbonyl (C=O) groups excluding carboxylic acids is 2. The second-order valence-corrected chi connectivity index (χ2v) is 22.1. The largest absolute Gasteiger partial charge is 0.497 e. The van der Waals surface area contributed by atoms with Crippen LogP contribution in [0.15, 0.2) is 66.2 Å². The Kier molecular flexibility index (Phi) is 16.6. The Bertz CT molecular complexity index is 2050. The molecular weight excluding hydrogens is 883 g/mol. The third-order valence-corrected chi connectivity index (χ3v) is 17.4. The van der Waals surface area contributed by atoms with Crippen molar-refractivity contribution in [2.75, 3.05) is 33.9 Å². The number of methoxy groups -OCH3 is 1. The van der Waals surface area contributed by atoms with Crippen LogP contribution in [0.2, 0.25) is 0 Å². The summed E-state index contributed by atoms with van der Waals surface area (Å²) in [6, 6.07) is 16.8. The van der Waals surface area contributed by atoms with Crippen LogP contribution in [0.25, 0.3) is 0 Å². The molecule has 14 nitrogen and oxygen atoms in total. The minimum absolute atomic E-state index is 0.0441. The summed E-state index contributed by atoms with van der Waals surface area (Å²) in [7, 11) is 3.70. The first kappa shape index (κ1) is 51.9. The smallest absolute Gasteiger partial charge is 0.338 e. The summed E-state index contributed by atoms with van der Waals surface area (Å²) < 4.78 is 42.7. The molecule has 2 aromatic carbocycles. The normalized spacial score (nSPS) is 38.5. The van der Waals surface area contributed by atoms with Crippen molar-refractivity contribution in [3.63, 3.8) is 0 Å². The Hall–Kier alpha value is -3.44. The maximum absolute atomic E-state index is 13.4. The van der Waals surface area contributed by atoms with Crippen molar-refractivity contribution >= 4 is 11.9 Å². The fourth-order valence-electron chi connectivity index (χ4n) is 14.0. The number of esters is 2. The molecule has 0 spiro atoms. The maximum atomic E-state index is 13.4. The topological polar surface area (TPSA) is 183 Å². The van der Waals surface area contributed by atoms with Gasteiger partial charge in [0.2, 0.25) is 0 Å². The highest BCUT2D eigenvalue weighted by molar-refractivity contribution is 5.89. The first-order chi connectivity index (χ1) is 33.0. The van der Waals surface area contributed by atoms with E-state index in [4.69, 9.17) is 33.2 Å². The van der Waals surface area contributed by atoms with Crippen molar-refractivity contribution in [3.05, 3.63) is 77.4 Å². The van der Waals surface area contributed by atoms with Crippen LogP contribution in [-0.4, -0.2) is 133 Å². The van der Waals surface area contributed by atoms with Crippen LogP contribution >= 0.6 is 0 Å². The van der Waals surface area contributed by atoms with Crippen molar-refractivity contribution in [2.45, 2.75) is 167 Å². The number of carbonyl (C=O) groups is 2. The molecule has 0 aromatic heterocycles. The molecule has 382 valence electrons. The third-order valence-electron chi connectivity index (χ3n) is 17.4. The highest BCUT2D eigenvalue weighted by Crippen LogP contribution is 2.68. The van der Waals surface area contributed by atoms with Crippen LogP contribution in [0.4, 0.5) is 0 Å². The number of nitrogens with zero attached hydrogens (tertiary/aromatic N) is 1. The van der Waals surface area contributed by atoms with Gasteiger partial charge in [0.15, 0.2) is 24.8 Å². The molecule has 2 saturated heterocycles. The monoisotopic (exact) mass is 962 g/mol. The van der Waals surface area contributed by atoms with Crippen LogP contribution in [0.1, 0.15) is 115 Å². The second kappa shape index (κ2) is 22.1. The summed E-state index contributed by atoms with van der Waals surface area (Å²) in [5.41, 5.74) is 2.92. The van der Waals surface area contributed by atoms with E-state index in [1.165, 1.54) is 37.3 Å². The summed E-state index contributed by atoms with van der Waals surface area (Å²) in [5.74, 6) is 1.38. The summed E-state index contributed by atoms with van der Waals surface area (Å²) in [5, 5.41) is 44.1. The van der Waals surface area contributed by atoms with E-state index in [0.29, 0.717) is 35.3 Å². The van der Waals surface area contributed by atoms with Crippen molar-refractivity contribution in [3.8, 4) is 5.75 Å². The Morgan fingerprint density at radius 1 is 0.841 bits per heavy atom. The van der Waals surface area contributed by atoms with Crippen LogP contribution in [0.3, 0.4) is 0 Å². The molecule has 4 aliphatic carbocycles. The number of hydrogen-bond acceptors (Lipinski definition) is 14. The predicted molar refractivity (Wildman–Crippen MR) is 257 cm³/mol. The number of allylic oxidation sites excluding steroid dienone is 1. The number of aliphatic hydroxyl groups excluding tert-OH is 4. The molecule has 0 radical (unpaired) electrons. The van der Waals surface area contributed by atoms with Crippen LogP contribution in [-0.2, 0) is 39.8 Å². The predicted octanol–water partition coefficient (Wildman–Crippen LogP) is 6.84. The number of fused-ring (bicyclic) bond motifs is 5. The van der Waals surface area contributed by atoms with E-state index in [0.717, 1.165) is 77.3 Å². The minimum atomic E-state index is -1.60. The summed E-state index contributed by atoms with van der Waals surface area (Å²) in [6.45, 7) is 12.3. The highest BCUT2D eigenvalue weighted by atomic mass is 16.7. The van der Waals surface area contributed by atoms with Gasteiger partial charge in [-0.25, -0.2) is 4.79 Å². The number of benzene rings is 2. The zero-order valence-corrected chi connectivity index (χ0v) is 41.8. The zero-order valence-electron chi connectivity index (χ0n) is 41.8. The van der Waals surface area contributed by atoms with Gasteiger partial charge in [0, 0.05) is 20.0 Å². The fraction of sp³-hybridized carbons (Fsp3) is 0.709. The molecule has 6 aliphatic rings. The number of rotatable bonds is 17. The average Bonchev–Trinajstić information content (AvgIpc) is 3.62. The van der Waals surface area contributed by atoms with Crippen LogP contribution in [0.5, 0.6) is 5.75 Å². The molecule has 5 unspecified atom stereocenters. The van der Waals surface area contributed by atoms with Gasteiger partial charge < -0.3 is 58.5 Å². The lowest BCUT2D eigenvalue weighted by molar-refractivity contribution is -0.340. The fourth-order valence-corrected chi connectivity index (χ4v) is 14.0. The lowest BCUT2D eigenvalue weighted by Gasteiger charge is -2.58.